The zero-order chi connectivity index (χ0) is 31.4. The topological polar surface area (TPSA) is 106 Å². The van der Waals surface area contributed by atoms with Crippen molar-refractivity contribution < 1.29 is 14.3 Å². The van der Waals surface area contributed by atoms with Crippen molar-refractivity contribution in [1.82, 2.24) is 25.0 Å². The number of ether oxygens (including phenoxy) is 1. The van der Waals surface area contributed by atoms with E-state index in [4.69, 9.17) is 4.74 Å². The third-order valence-corrected chi connectivity index (χ3v) is 6.35. The zero-order valence-electron chi connectivity index (χ0n) is 26.6. The standard InChI is InChI=1S/C31H41N5O4.C2H6/c1-21(2)26(27-34-33-23(4)28(37)36(27)20-24-12-9-8-10-13-24)35(29(38)25-16-14-22(3)15-17-25)19-11-18-32-30(39)40-31(5,6)7;1-2/h8-10,12-17,21,26H,11,18-20H2,1-7H3,(H,32,39);1-2H3. The zero-order valence-corrected chi connectivity index (χ0v) is 26.6. The Labute approximate surface area is 250 Å². The number of carbonyl (C=O) groups is 2. The maximum Gasteiger partial charge on any atom is 0.407 e. The average Bonchev–Trinajstić information content (AvgIpc) is 2.94. The monoisotopic (exact) mass is 577 g/mol. The molecule has 42 heavy (non-hydrogen) atoms. The molecule has 9 nitrogen and oxygen atoms in total. The molecule has 3 rings (SSSR count). The maximum absolute atomic E-state index is 14.0. The molecule has 228 valence electrons. The number of aromatic nitrogens is 3. The third kappa shape index (κ3) is 9.82. The van der Waals surface area contributed by atoms with Crippen LogP contribution in [-0.2, 0) is 11.3 Å². The number of rotatable bonds is 10. The summed E-state index contributed by atoms with van der Waals surface area (Å²) in [6.07, 6.45) is -0.0344. The summed E-state index contributed by atoms with van der Waals surface area (Å²) in [6.45, 7) is 18.0. The van der Waals surface area contributed by atoms with Crippen LogP contribution in [0.1, 0.15) is 93.9 Å². The molecule has 3 aromatic rings. The number of benzene rings is 2. The Balaban J connectivity index is 0.00000301. The van der Waals surface area contributed by atoms with Crippen LogP contribution in [0, 0.1) is 19.8 Å². The van der Waals surface area contributed by atoms with Crippen LogP contribution in [0.25, 0.3) is 0 Å². The number of alkyl carbamates (subject to hydrolysis) is 1. The fraction of sp³-hybridized carbons (Fsp3) is 0.485. The van der Waals surface area contributed by atoms with Gasteiger partial charge in [0, 0.05) is 18.7 Å². The largest absolute Gasteiger partial charge is 0.444 e. The maximum atomic E-state index is 14.0. The number of aryl methyl sites for hydroxylation is 2. The second-order valence-corrected chi connectivity index (χ2v) is 11.4. The first kappa shape index (κ1) is 34.2. The van der Waals surface area contributed by atoms with Gasteiger partial charge in [0.15, 0.2) is 5.82 Å². The summed E-state index contributed by atoms with van der Waals surface area (Å²) < 4.78 is 6.96. The van der Waals surface area contributed by atoms with Crippen LogP contribution in [0.3, 0.4) is 0 Å². The van der Waals surface area contributed by atoms with Crippen LogP contribution in [-0.4, -0.2) is 50.4 Å². The molecule has 0 spiro atoms. The average molecular weight is 578 g/mol. The van der Waals surface area contributed by atoms with Crippen LogP contribution >= 0.6 is 0 Å². The number of carbonyl (C=O) groups excluding carboxylic acids is 2. The quantitative estimate of drug-likeness (QED) is 0.293. The van der Waals surface area contributed by atoms with Crippen molar-refractivity contribution >= 4 is 12.0 Å². The van der Waals surface area contributed by atoms with Gasteiger partial charge in [-0.05, 0) is 64.7 Å². The normalized spacial score (nSPS) is 11.8. The Bertz CT molecular complexity index is 1350. The van der Waals surface area contributed by atoms with Gasteiger partial charge >= 0.3 is 6.09 Å². The van der Waals surface area contributed by atoms with Crippen LogP contribution in [0.2, 0.25) is 0 Å². The second kappa shape index (κ2) is 15.8. The SMILES string of the molecule is CC.Cc1ccc(C(=O)N(CCCNC(=O)OC(C)(C)C)C(c2nnc(C)c(=O)n2Cc2ccccc2)C(C)C)cc1. The van der Waals surface area contributed by atoms with Gasteiger partial charge in [-0.2, -0.15) is 0 Å². The summed E-state index contributed by atoms with van der Waals surface area (Å²) in [5.41, 5.74) is 1.97. The first-order valence-corrected chi connectivity index (χ1v) is 14.7. The van der Waals surface area contributed by atoms with E-state index in [9.17, 15) is 14.4 Å². The van der Waals surface area contributed by atoms with E-state index >= 15 is 0 Å². The minimum absolute atomic E-state index is 0.0911. The van der Waals surface area contributed by atoms with E-state index in [1.165, 1.54) is 0 Å². The fourth-order valence-electron chi connectivity index (χ4n) is 4.44. The molecule has 1 heterocycles. The van der Waals surface area contributed by atoms with Gasteiger partial charge in [0.1, 0.15) is 11.3 Å². The van der Waals surface area contributed by atoms with Gasteiger partial charge in [0.25, 0.3) is 11.5 Å². The lowest BCUT2D eigenvalue weighted by atomic mass is 9.99. The number of nitrogens with one attached hydrogen (secondary N) is 1. The molecule has 9 heteroatoms. The number of hydrogen-bond acceptors (Lipinski definition) is 6. The highest BCUT2D eigenvalue weighted by atomic mass is 16.6. The van der Waals surface area contributed by atoms with Crippen molar-refractivity contribution in [3.63, 3.8) is 0 Å². The third-order valence-electron chi connectivity index (χ3n) is 6.35. The Morgan fingerprint density at radius 3 is 2.17 bits per heavy atom. The summed E-state index contributed by atoms with van der Waals surface area (Å²) in [5.74, 6) is 0.152. The van der Waals surface area contributed by atoms with Gasteiger partial charge in [0.05, 0.1) is 12.6 Å². The fourth-order valence-corrected chi connectivity index (χ4v) is 4.44. The lowest BCUT2D eigenvalue weighted by molar-refractivity contribution is 0.0519. The molecule has 0 saturated carbocycles. The van der Waals surface area contributed by atoms with Gasteiger partial charge < -0.3 is 15.0 Å². The van der Waals surface area contributed by atoms with Crippen molar-refractivity contribution in [3.05, 3.63) is 93.2 Å². The summed E-state index contributed by atoms with van der Waals surface area (Å²) in [6, 6.07) is 16.5. The Kier molecular flexibility index (Phi) is 12.9. The van der Waals surface area contributed by atoms with Gasteiger partial charge in [-0.1, -0.05) is 75.7 Å². The molecule has 0 radical (unpaired) electrons. The minimum Gasteiger partial charge on any atom is -0.444 e. The molecular formula is C33H47N5O4. The van der Waals surface area contributed by atoms with Gasteiger partial charge in [-0.25, -0.2) is 4.79 Å². The Morgan fingerprint density at radius 1 is 0.976 bits per heavy atom. The molecule has 0 fully saturated rings. The molecule has 0 aliphatic rings. The smallest absolute Gasteiger partial charge is 0.407 e. The lowest BCUT2D eigenvalue weighted by Crippen LogP contribution is -2.43. The van der Waals surface area contributed by atoms with Crippen LogP contribution in [0.15, 0.2) is 59.4 Å². The highest BCUT2D eigenvalue weighted by Gasteiger charge is 2.33. The summed E-state index contributed by atoms with van der Waals surface area (Å²) in [7, 11) is 0. The van der Waals surface area contributed by atoms with E-state index in [0.29, 0.717) is 43.1 Å². The molecule has 1 unspecified atom stereocenters. The molecule has 2 amide bonds. The minimum atomic E-state index is -0.604. The molecule has 1 aromatic heterocycles. The Hall–Kier alpha value is -4.01. The highest BCUT2D eigenvalue weighted by molar-refractivity contribution is 5.94. The number of amides is 2. The lowest BCUT2D eigenvalue weighted by Gasteiger charge is -2.35. The first-order valence-electron chi connectivity index (χ1n) is 14.7. The summed E-state index contributed by atoms with van der Waals surface area (Å²) in [4.78, 5) is 41.3. The van der Waals surface area contributed by atoms with E-state index in [2.05, 4.69) is 15.5 Å². The summed E-state index contributed by atoms with van der Waals surface area (Å²) in [5, 5.41) is 11.4. The molecule has 0 bridgehead atoms. The van der Waals surface area contributed by atoms with Gasteiger partial charge in [-0.3, -0.25) is 14.2 Å². The van der Waals surface area contributed by atoms with Crippen molar-refractivity contribution in [2.75, 3.05) is 13.1 Å². The number of nitrogens with zero attached hydrogens (tertiary/aromatic N) is 4. The van der Waals surface area contributed by atoms with E-state index in [1.54, 1.807) is 49.3 Å². The predicted molar refractivity (Wildman–Crippen MR) is 167 cm³/mol. The number of hydrogen-bond donors (Lipinski definition) is 1. The van der Waals surface area contributed by atoms with E-state index in [1.807, 2.05) is 77.1 Å². The van der Waals surface area contributed by atoms with E-state index in [0.717, 1.165) is 11.1 Å². The molecule has 0 aliphatic carbocycles. The Morgan fingerprint density at radius 2 is 1.60 bits per heavy atom. The van der Waals surface area contributed by atoms with Crippen LogP contribution in [0.4, 0.5) is 4.79 Å². The molecular weight excluding hydrogens is 530 g/mol. The van der Waals surface area contributed by atoms with Crippen molar-refractivity contribution in [3.8, 4) is 0 Å². The summed E-state index contributed by atoms with van der Waals surface area (Å²) >= 11 is 0. The van der Waals surface area contributed by atoms with E-state index in [-0.39, 0.29) is 17.4 Å². The van der Waals surface area contributed by atoms with Crippen molar-refractivity contribution in [2.45, 2.75) is 86.9 Å². The van der Waals surface area contributed by atoms with Gasteiger partial charge in [0.2, 0.25) is 0 Å². The second-order valence-electron chi connectivity index (χ2n) is 11.4. The van der Waals surface area contributed by atoms with Crippen molar-refractivity contribution in [2.24, 2.45) is 5.92 Å². The van der Waals surface area contributed by atoms with Crippen LogP contribution < -0.4 is 10.9 Å². The first-order chi connectivity index (χ1) is 19.9. The highest BCUT2D eigenvalue weighted by Crippen LogP contribution is 2.29. The molecule has 1 atom stereocenters. The van der Waals surface area contributed by atoms with Crippen molar-refractivity contribution in [1.29, 1.82) is 0 Å². The molecule has 1 N–H and O–H groups in total. The van der Waals surface area contributed by atoms with Crippen LogP contribution in [0.5, 0.6) is 0 Å². The molecule has 2 aromatic carbocycles. The molecule has 0 saturated heterocycles. The van der Waals surface area contributed by atoms with E-state index < -0.39 is 17.7 Å². The predicted octanol–water partition coefficient (Wildman–Crippen LogP) is 6.08. The van der Waals surface area contributed by atoms with Gasteiger partial charge in [-0.15, -0.1) is 10.2 Å². The molecule has 0 aliphatic heterocycles.